The zero-order chi connectivity index (χ0) is 10.2. The van der Waals surface area contributed by atoms with Gasteiger partial charge in [-0.1, -0.05) is 5.16 Å². The molecule has 0 amide bonds. The molecule has 0 spiro atoms. The van der Waals surface area contributed by atoms with E-state index < -0.39 is 10.0 Å². The molecule has 0 bridgehead atoms. The van der Waals surface area contributed by atoms with E-state index in [0.717, 1.165) is 12.8 Å². The summed E-state index contributed by atoms with van der Waals surface area (Å²) in [6.45, 7) is 1.77. The number of aromatic nitrogens is 2. The molecule has 0 aliphatic heterocycles. The van der Waals surface area contributed by atoms with Crippen LogP contribution in [-0.4, -0.2) is 23.8 Å². The van der Waals surface area contributed by atoms with Gasteiger partial charge in [0.15, 0.2) is 5.82 Å². The Hall–Kier alpha value is -0.950. The Labute approximate surface area is 81.7 Å². The summed E-state index contributed by atoms with van der Waals surface area (Å²) in [6.07, 6.45) is 1.50. The lowest BCUT2D eigenvalue weighted by atomic mass is 10.6. The highest BCUT2D eigenvalue weighted by Crippen LogP contribution is 2.27. The zero-order valence-electron chi connectivity index (χ0n) is 7.73. The summed E-state index contributed by atoms with van der Waals surface area (Å²) >= 11 is 0. The van der Waals surface area contributed by atoms with Gasteiger partial charge in [-0.25, -0.2) is 13.1 Å². The molecule has 0 aromatic carbocycles. The van der Waals surface area contributed by atoms with E-state index in [2.05, 4.69) is 14.9 Å². The third-order valence-electron chi connectivity index (χ3n) is 1.96. The second-order valence-electron chi connectivity index (χ2n) is 3.30. The molecule has 0 saturated heterocycles. The highest BCUT2D eigenvalue weighted by molar-refractivity contribution is 7.90. The van der Waals surface area contributed by atoms with E-state index in [9.17, 15) is 8.42 Å². The highest BCUT2D eigenvalue weighted by atomic mass is 32.2. The Morgan fingerprint density at radius 1 is 1.57 bits per heavy atom. The van der Waals surface area contributed by atoms with Crippen molar-refractivity contribution in [2.75, 3.05) is 0 Å². The molecule has 1 saturated carbocycles. The molecular weight excluding hydrogens is 206 g/mol. The van der Waals surface area contributed by atoms with Crippen LogP contribution in [-0.2, 0) is 16.6 Å². The fourth-order valence-corrected chi connectivity index (χ4v) is 2.39. The first-order valence-electron chi connectivity index (χ1n) is 4.35. The minimum absolute atomic E-state index is 0.0830. The number of hydrogen-bond donors (Lipinski definition) is 1. The van der Waals surface area contributed by atoms with E-state index in [1.54, 1.807) is 6.92 Å². The quantitative estimate of drug-likeness (QED) is 0.764. The minimum Gasteiger partial charge on any atom is -0.338 e. The topological polar surface area (TPSA) is 85.1 Å². The molecule has 1 aromatic rings. The first-order valence-corrected chi connectivity index (χ1v) is 5.90. The Bertz CT molecular complexity index is 421. The first kappa shape index (κ1) is 9.60. The fraction of sp³-hybridized carbons (Fsp3) is 0.714. The highest BCUT2D eigenvalue weighted by Gasteiger charge is 2.35. The molecule has 0 atom stereocenters. The number of nitrogens with zero attached hydrogens (tertiary/aromatic N) is 2. The summed E-state index contributed by atoms with van der Waals surface area (Å²) in [7, 11) is -3.15. The Morgan fingerprint density at radius 3 is 2.79 bits per heavy atom. The van der Waals surface area contributed by atoms with Crippen LogP contribution in [0.2, 0.25) is 0 Å². The smallest absolute Gasteiger partial charge is 0.241 e. The summed E-state index contributed by atoms with van der Waals surface area (Å²) in [6, 6.07) is 0. The molecule has 1 aliphatic carbocycles. The van der Waals surface area contributed by atoms with Gasteiger partial charge in [-0.15, -0.1) is 0 Å². The predicted octanol–water partition coefficient (Wildman–Crippen LogP) is -0.0402. The molecule has 1 fully saturated rings. The van der Waals surface area contributed by atoms with Crippen LogP contribution in [0, 0.1) is 6.92 Å². The SMILES string of the molecule is Cc1noc(CNS(=O)(=O)C2CC2)n1. The van der Waals surface area contributed by atoms with E-state index in [0.29, 0.717) is 11.7 Å². The lowest BCUT2D eigenvalue weighted by Crippen LogP contribution is -2.26. The number of nitrogens with one attached hydrogen (secondary N) is 1. The number of sulfonamides is 1. The number of hydrogen-bond acceptors (Lipinski definition) is 5. The van der Waals surface area contributed by atoms with Crippen molar-refractivity contribution in [1.29, 1.82) is 0 Å². The van der Waals surface area contributed by atoms with Gasteiger partial charge in [0.1, 0.15) is 0 Å². The Balaban J connectivity index is 1.94. The average molecular weight is 217 g/mol. The monoisotopic (exact) mass is 217 g/mol. The predicted molar refractivity (Wildman–Crippen MR) is 47.8 cm³/mol. The largest absolute Gasteiger partial charge is 0.338 e. The normalized spacial score (nSPS) is 17.2. The third kappa shape index (κ3) is 2.10. The first-order chi connectivity index (χ1) is 6.58. The second-order valence-corrected chi connectivity index (χ2v) is 5.35. The van der Waals surface area contributed by atoms with Gasteiger partial charge >= 0.3 is 0 Å². The number of rotatable bonds is 4. The van der Waals surface area contributed by atoms with Crippen molar-refractivity contribution in [2.24, 2.45) is 0 Å². The van der Waals surface area contributed by atoms with Gasteiger partial charge in [-0.05, 0) is 19.8 Å². The standard InChI is InChI=1S/C7H11N3O3S/c1-5-9-7(13-10-5)4-8-14(11,12)6-2-3-6/h6,8H,2-4H2,1H3. The molecule has 0 unspecified atom stereocenters. The molecule has 0 radical (unpaired) electrons. The molecule has 6 nitrogen and oxygen atoms in total. The van der Waals surface area contributed by atoms with E-state index >= 15 is 0 Å². The third-order valence-corrected chi connectivity index (χ3v) is 3.85. The van der Waals surface area contributed by atoms with Crippen molar-refractivity contribution in [3.05, 3.63) is 11.7 Å². The van der Waals surface area contributed by atoms with Gasteiger partial charge in [-0.2, -0.15) is 4.98 Å². The Morgan fingerprint density at radius 2 is 2.29 bits per heavy atom. The fourth-order valence-electron chi connectivity index (χ4n) is 1.07. The average Bonchev–Trinajstić information content (AvgIpc) is 2.89. The van der Waals surface area contributed by atoms with Crippen LogP contribution < -0.4 is 4.72 Å². The van der Waals surface area contributed by atoms with E-state index in [1.807, 2.05) is 0 Å². The molecule has 14 heavy (non-hydrogen) atoms. The van der Waals surface area contributed by atoms with E-state index in [4.69, 9.17) is 4.52 Å². The van der Waals surface area contributed by atoms with Crippen LogP contribution in [0.3, 0.4) is 0 Å². The molecular formula is C7H11N3O3S. The van der Waals surface area contributed by atoms with Gasteiger partial charge in [0.2, 0.25) is 15.9 Å². The van der Waals surface area contributed by atoms with Crippen LogP contribution >= 0.6 is 0 Å². The van der Waals surface area contributed by atoms with Crippen molar-refractivity contribution in [3.8, 4) is 0 Å². The Kier molecular flexibility index (Phi) is 2.28. The van der Waals surface area contributed by atoms with Gasteiger partial charge in [0, 0.05) is 0 Å². The van der Waals surface area contributed by atoms with Crippen molar-refractivity contribution in [2.45, 2.75) is 31.6 Å². The lowest BCUT2D eigenvalue weighted by molar-refractivity contribution is 0.372. The number of aryl methyl sites for hydroxylation is 1. The summed E-state index contributed by atoms with van der Waals surface area (Å²) in [5.41, 5.74) is 0. The van der Waals surface area contributed by atoms with Crippen molar-refractivity contribution in [3.63, 3.8) is 0 Å². The maximum absolute atomic E-state index is 11.4. The summed E-state index contributed by atoms with van der Waals surface area (Å²) in [5, 5.41) is 3.34. The van der Waals surface area contributed by atoms with Gasteiger partial charge in [0.05, 0.1) is 11.8 Å². The van der Waals surface area contributed by atoms with E-state index in [-0.39, 0.29) is 11.8 Å². The molecule has 1 aromatic heterocycles. The molecule has 1 heterocycles. The maximum atomic E-state index is 11.4. The lowest BCUT2D eigenvalue weighted by Gasteiger charge is -2.00. The van der Waals surface area contributed by atoms with Crippen molar-refractivity contribution >= 4 is 10.0 Å². The summed E-state index contributed by atoms with van der Waals surface area (Å²) in [5.74, 6) is 0.803. The van der Waals surface area contributed by atoms with Crippen LogP contribution in [0.4, 0.5) is 0 Å². The maximum Gasteiger partial charge on any atom is 0.241 e. The van der Waals surface area contributed by atoms with Crippen molar-refractivity contribution < 1.29 is 12.9 Å². The van der Waals surface area contributed by atoms with Gasteiger partial charge < -0.3 is 4.52 Å². The molecule has 1 aliphatic rings. The molecule has 78 valence electrons. The van der Waals surface area contributed by atoms with Crippen molar-refractivity contribution in [1.82, 2.24) is 14.9 Å². The molecule has 2 rings (SSSR count). The zero-order valence-corrected chi connectivity index (χ0v) is 8.54. The second kappa shape index (κ2) is 3.32. The molecule has 1 N–H and O–H groups in total. The van der Waals surface area contributed by atoms with Gasteiger partial charge in [-0.3, -0.25) is 0 Å². The summed E-state index contributed by atoms with van der Waals surface area (Å²) < 4.78 is 29.9. The van der Waals surface area contributed by atoms with Crippen LogP contribution in [0.15, 0.2) is 4.52 Å². The van der Waals surface area contributed by atoms with Crippen LogP contribution in [0.1, 0.15) is 24.6 Å². The van der Waals surface area contributed by atoms with Gasteiger partial charge in [0.25, 0.3) is 0 Å². The van der Waals surface area contributed by atoms with Crippen LogP contribution in [0.25, 0.3) is 0 Å². The molecule has 7 heteroatoms. The summed E-state index contributed by atoms with van der Waals surface area (Å²) in [4.78, 5) is 3.89. The minimum atomic E-state index is -3.15. The van der Waals surface area contributed by atoms with E-state index in [1.165, 1.54) is 0 Å². The van der Waals surface area contributed by atoms with Crippen LogP contribution in [0.5, 0.6) is 0 Å².